The molecule has 0 saturated heterocycles. The number of sulfonamides is 1. The summed E-state index contributed by atoms with van der Waals surface area (Å²) in [6.07, 6.45) is 4.42. The molecule has 2 rings (SSSR count). The van der Waals surface area contributed by atoms with Gasteiger partial charge in [-0.05, 0) is 37.3 Å². The quantitative estimate of drug-likeness (QED) is 0.875. The van der Waals surface area contributed by atoms with E-state index in [-0.39, 0.29) is 16.4 Å². The molecule has 0 bridgehead atoms. The standard InChI is InChI=1S/C14H23N3O2S/c1-4-15-13-8-7-11(10-16-13)20(18,19)17-12-6-5-9-14(12,2)3/h7-8,10,12,17H,4-6,9H2,1-3H3,(H,15,16). The van der Waals surface area contributed by atoms with Crippen LogP contribution in [-0.4, -0.2) is 26.0 Å². The van der Waals surface area contributed by atoms with Crippen molar-refractivity contribution in [2.75, 3.05) is 11.9 Å². The van der Waals surface area contributed by atoms with E-state index in [0.717, 1.165) is 25.8 Å². The second kappa shape index (κ2) is 5.69. The molecule has 20 heavy (non-hydrogen) atoms. The Hall–Kier alpha value is -1.14. The van der Waals surface area contributed by atoms with Crippen LogP contribution in [-0.2, 0) is 10.0 Å². The summed E-state index contributed by atoms with van der Waals surface area (Å²) in [5.74, 6) is 0.688. The fourth-order valence-corrected chi connectivity index (χ4v) is 4.01. The number of rotatable bonds is 5. The first-order valence-corrected chi connectivity index (χ1v) is 8.56. The van der Waals surface area contributed by atoms with Gasteiger partial charge >= 0.3 is 0 Å². The van der Waals surface area contributed by atoms with Gasteiger partial charge in [-0.3, -0.25) is 0 Å². The van der Waals surface area contributed by atoms with Gasteiger partial charge in [0.25, 0.3) is 0 Å². The number of anilines is 1. The lowest BCUT2D eigenvalue weighted by atomic mass is 9.88. The Kier molecular flexibility index (Phi) is 4.34. The number of hydrogen-bond acceptors (Lipinski definition) is 4. The highest BCUT2D eigenvalue weighted by molar-refractivity contribution is 7.89. The molecule has 0 aliphatic heterocycles. The van der Waals surface area contributed by atoms with E-state index in [1.54, 1.807) is 12.1 Å². The summed E-state index contributed by atoms with van der Waals surface area (Å²) < 4.78 is 27.6. The van der Waals surface area contributed by atoms with Crippen LogP contribution >= 0.6 is 0 Å². The van der Waals surface area contributed by atoms with Crippen molar-refractivity contribution in [1.82, 2.24) is 9.71 Å². The van der Waals surface area contributed by atoms with E-state index in [0.29, 0.717) is 5.82 Å². The first-order chi connectivity index (χ1) is 9.35. The first-order valence-electron chi connectivity index (χ1n) is 7.07. The molecule has 1 unspecified atom stereocenters. The molecule has 1 aliphatic carbocycles. The second-order valence-electron chi connectivity index (χ2n) is 5.96. The number of hydrogen-bond donors (Lipinski definition) is 2. The van der Waals surface area contributed by atoms with Crippen LogP contribution in [0.25, 0.3) is 0 Å². The van der Waals surface area contributed by atoms with Gasteiger partial charge in [0.05, 0.1) is 0 Å². The van der Waals surface area contributed by atoms with Crippen LogP contribution in [0.4, 0.5) is 5.82 Å². The summed E-state index contributed by atoms with van der Waals surface area (Å²) in [4.78, 5) is 4.34. The van der Waals surface area contributed by atoms with E-state index in [2.05, 4.69) is 28.9 Å². The van der Waals surface area contributed by atoms with Crippen molar-refractivity contribution in [3.63, 3.8) is 0 Å². The zero-order chi connectivity index (χ0) is 14.8. The molecule has 6 heteroatoms. The molecule has 1 heterocycles. The Balaban J connectivity index is 2.14. The van der Waals surface area contributed by atoms with Crippen molar-refractivity contribution >= 4 is 15.8 Å². The molecule has 1 atom stereocenters. The molecule has 1 aromatic heterocycles. The lowest BCUT2D eigenvalue weighted by molar-refractivity contribution is 0.313. The summed E-state index contributed by atoms with van der Waals surface area (Å²) in [6, 6.07) is 3.29. The molecule has 2 N–H and O–H groups in total. The Morgan fingerprint density at radius 2 is 2.15 bits per heavy atom. The second-order valence-corrected chi connectivity index (χ2v) is 7.68. The molecule has 1 fully saturated rings. The van der Waals surface area contributed by atoms with Gasteiger partial charge in [0.2, 0.25) is 10.0 Å². The molecule has 1 saturated carbocycles. The van der Waals surface area contributed by atoms with Crippen LogP contribution in [0.3, 0.4) is 0 Å². The molecule has 0 amide bonds. The topological polar surface area (TPSA) is 71.1 Å². The van der Waals surface area contributed by atoms with Gasteiger partial charge in [0.15, 0.2) is 0 Å². The minimum atomic E-state index is -3.49. The third-order valence-electron chi connectivity index (χ3n) is 3.96. The van der Waals surface area contributed by atoms with E-state index in [4.69, 9.17) is 0 Å². The predicted octanol–water partition coefficient (Wildman–Crippen LogP) is 2.37. The maximum absolute atomic E-state index is 12.4. The molecule has 112 valence electrons. The minimum absolute atomic E-state index is 0.000873. The molecule has 0 aromatic carbocycles. The van der Waals surface area contributed by atoms with Gasteiger partial charge in [-0.15, -0.1) is 0 Å². The van der Waals surface area contributed by atoms with Crippen LogP contribution in [0, 0.1) is 5.41 Å². The number of nitrogens with zero attached hydrogens (tertiary/aromatic N) is 1. The Bertz CT molecular complexity index is 552. The third-order valence-corrected chi connectivity index (χ3v) is 5.42. The summed E-state index contributed by atoms with van der Waals surface area (Å²) in [6.45, 7) is 6.95. The third kappa shape index (κ3) is 3.30. The van der Waals surface area contributed by atoms with Crippen LogP contribution in [0.2, 0.25) is 0 Å². The average molecular weight is 297 g/mol. The van der Waals surface area contributed by atoms with Crippen LogP contribution in [0.15, 0.2) is 23.2 Å². The van der Waals surface area contributed by atoms with Gasteiger partial charge in [0, 0.05) is 18.8 Å². The molecular formula is C14H23N3O2S. The Morgan fingerprint density at radius 3 is 2.65 bits per heavy atom. The summed E-state index contributed by atoms with van der Waals surface area (Å²) in [7, 11) is -3.49. The van der Waals surface area contributed by atoms with E-state index >= 15 is 0 Å². The monoisotopic (exact) mass is 297 g/mol. The first kappa shape index (κ1) is 15.3. The number of nitrogens with one attached hydrogen (secondary N) is 2. The lowest BCUT2D eigenvalue weighted by Crippen LogP contribution is -2.41. The molecule has 5 nitrogen and oxygen atoms in total. The fraction of sp³-hybridized carbons (Fsp3) is 0.643. The molecule has 0 spiro atoms. The summed E-state index contributed by atoms with van der Waals surface area (Å²) in [5, 5.41) is 3.05. The minimum Gasteiger partial charge on any atom is -0.370 e. The Labute approximate surface area is 121 Å². The van der Waals surface area contributed by atoms with Crippen molar-refractivity contribution in [3.8, 4) is 0 Å². The van der Waals surface area contributed by atoms with Crippen molar-refractivity contribution in [2.45, 2.75) is 51.0 Å². The molecule has 0 radical (unpaired) electrons. The summed E-state index contributed by atoms with van der Waals surface area (Å²) >= 11 is 0. The number of pyridine rings is 1. The SMILES string of the molecule is CCNc1ccc(S(=O)(=O)NC2CCCC2(C)C)cn1. The number of aromatic nitrogens is 1. The maximum Gasteiger partial charge on any atom is 0.242 e. The highest BCUT2D eigenvalue weighted by atomic mass is 32.2. The average Bonchev–Trinajstić information content (AvgIpc) is 2.69. The van der Waals surface area contributed by atoms with Crippen LogP contribution in [0.5, 0.6) is 0 Å². The Morgan fingerprint density at radius 1 is 1.40 bits per heavy atom. The van der Waals surface area contributed by atoms with E-state index < -0.39 is 10.0 Å². The van der Waals surface area contributed by atoms with Crippen LogP contribution in [0.1, 0.15) is 40.0 Å². The van der Waals surface area contributed by atoms with Crippen molar-refractivity contribution in [2.24, 2.45) is 5.41 Å². The van der Waals surface area contributed by atoms with Gasteiger partial charge < -0.3 is 5.32 Å². The van der Waals surface area contributed by atoms with Crippen molar-refractivity contribution < 1.29 is 8.42 Å². The zero-order valence-electron chi connectivity index (χ0n) is 12.3. The maximum atomic E-state index is 12.4. The highest BCUT2D eigenvalue weighted by Gasteiger charge is 2.37. The van der Waals surface area contributed by atoms with E-state index in [1.807, 2.05) is 6.92 Å². The van der Waals surface area contributed by atoms with Gasteiger partial charge in [-0.25, -0.2) is 18.1 Å². The molecule has 1 aromatic rings. The van der Waals surface area contributed by atoms with Crippen molar-refractivity contribution in [1.29, 1.82) is 0 Å². The zero-order valence-corrected chi connectivity index (χ0v) is 13.1. The fourth-order valence-electron chi connectivity index (χ4n) is 2.63. The lowest BCUT2D eigenvalue weighted by Gasteiger charge is -2.27. The van der Waals surface area contributed by atoms with Crippen LogP contribution < -0.4 is 10.0 Å². The van der Waals surface area contributed by atoms with Crippen molar-refractivity contribution in [3.05, 3.63) is 18.3 Å². The van der Waals surface area contributed by atoms with Gasteiger partial charge in [-0.1, -0.05) is 20.3 Å². The highest BCUT2D eigenvalue weighted by Crippen LogP contribution is 2.37. The molecule has 1 aliphatic rings. The molecular weight excluding hydrogens is 274 g/mol. The smallest absolute Gasteiger partial charge is 0.242 e. The predicted molar refractivity (Wildman–Crippen MR) is 80.1 cm³/mol. The van der Waals surface area contributed by atoms with Gasteiger partial charge in [0.1, 0.15) is 10.7 Å². The normalized spacial score (nSPS) is 21.9. The largest absolute Gasteiger partial charge is 0.370 e. The van der Waals surface area contributed by atoms with E-state index in [9.17, 15) is 8.42 Å². The van der Waals surface area contributed by atoms with E-state index in [1.165, 1.54) is 6.20 Å². The summed E-state index contributed by atoms with van der Waals surface area (Å²) in [5.41, 5.74) is 0.0181. The van der Waals surface area contributed by atoms with Gasteiger partial charge in [-0.2, -0.15) is 0 Å².